The molecule has 11 aromatic rings. The second-order valence-electron chi connectivity index (χ2n) is 14.8. The highest BCUT2D eigenvalue weighted by atomic mass is 15.1. The third-order valence-electron chi connectivity index (χ3n) is 11.4. The first kappa shape index (κ1) is 33.6. The predicted molar refractivity (Wildman–Crippen MR) is 244 cm³/mol. The van der Waals surface area contributed by atoms with Gasteiger partial charge in [-0.15, -0.1) is 0 Å². The lowest BCUT2D eigenvalue weighted by Gasteiger charge is -2.15. The van der Waals surface area contributed by atoms with E-state index in [4.69, 9.17) is 4.98 Å². The minimum atomic E-state index is 0.931. The molecule has 0 aliphatic heterocycles. The Hall–Kier alpha value is -7.75. The number of imidazole rings is 1. The quantitative estimate of drug-likeness (QED) is 0.172. The Labute approximate surface area is 336 Å². The van der Waals surface area contributed by atoms with E-state index in [2.05, 4.69) is 228 Å². The van der Waals surface area contributed by atoms with Gasteiger partial charge in [0.15, 0.2) is 0 Å². The van der Waals surface area contributed by atoms with E-state index in [9.17, 15) is 0 Å². The van der Waals surface area contributed by atoms with Crippen molar-refractivity contribution in [3.63, 3.8) is 0 Å². The van der Waals surface area contributed by atoms with Crippen molar-refractivity contribution in [1.29, 1.82) is 0 Å². The van der Waals surface area contributed by atoms with Crippen molar-refractivity contribution in [2.24, 2.45) is 0 Å². The molecule has 0 atom stereocenters. The summed E-state index contributed by atoms with van der Waals surface area (Å²) in [6.07, 6.45) is 0. The molecule has 0 unspecified atom stereocenters. The van der Waals surface area contributed by atoms with E-state index in [0.29, 0.717) is 0 Å². The molecule has 0 saturated heterocycles. The molecule has 11 rings (SSSR count). The smallest absolute Gasteiger partial charge is 0.145 e. The summed E-state index contributed by atoms with van der Waals surface area (Å²) < 4.78 is 4.71. The minimum absolute atomic E-state index is 0.931. The van der Waals surface area contributed by atoms with Crippen molar-refractivity contribution in [1.82, 2.24) is 14.1 Å². The molecule has 0 N–H and O–H groups in total. The number of rotatable bonds is 5. The zero-order chi connectivity index (χ0) is 38.4. The molecule has 0 amide bonds. The molecule has 0 aliphatic rings. The number of hydrogen-bond donors (Lipinski definition) is 0. The summed E-state index contributed by atoms with van der Waals surface area (Å²) in [5.41, 5.74) is 12.3. The van der Waals surface area contributed by atoms with Crippen LogP contribution in [-0.2, 0) is 0 Å². The summed E-state index contributed by atoms with van der Waals surface area (Å²) in [5.74, 6) is 0.931. The summed E-state index contributed by atoms with van der Waals surface area (Å²) in [4.78, 5) is 5.08. The van der Waals surface area contributed by atoms with Crippen molar-refractivity contribution < 1.29 is 0 Å². The van der Waals surface area contributed by atoms with Crippen molar-refractivity contribution in [3.8, 4) is 45.0 Å². The summed E-state index contributed by atoms with van der Waals surface area (Å²) >= 11 is 0. The minimum Gasteiger partial charge on any atom is -0.309 e. The second-order valence-corrected chi connectivity index (χ2v) is 14.8. The van der Waals surface area contributed by atoms with Gasteiger partial charge in [-0.25, -0.2) is 4.98 Å². The lowest BCUT2D eigenvalue weighted by atomic mass is 9.98. The van der Waals surface area contributed by atoms with Gasteiger partial charge in [-0.1, -0.05) is 170 Å². The second kappa shape index (κ2) is 14.1. The van der Waals surface area contributed by atoms with Crippen LogP contribution in [0.15, 0.2) is 224 Å². The number of nitrogens with zero attached hydrogens (tertiary/aromatic N) is 3. The van der Waals surface area contributed by atoms with Crippen LogP contribution in [0.3, 0.4) is 0 Å². The molecule has 2 aromatic heterocycles. The fourth-order valence-electron chi connectivity index (χ4n) is 8.64. The van der Waals surface area contributed by atoms with Crippen LogP contribution in [0.4, 0.5) is 0 Å². The molecule has 2 heterocycles. The lowest BCUT2D eigenvalue weighted by Crippen LogP contribution is -1.98. The molecule has 0 fully saturated rings. The zero-order valence-corrected chi connectivity index (χ0v) is 31.7. The molecule has 0 bridgehead atoms. The van der Waals surface area contributed by atoms with Crippen molar-refractivity contribution in [2.45, 2.75) is 0 Å². The van der Waals surface area contributed by atoms with Crippen LogP contribution in [0.5, 0.6) is 0 Å². The molecule has 0 radical (unpaired) electrons. The lowest BCUT2D eigenvalue weighted by molar-refractivity contribution is 1.10. The highest BCUT2D eigenvalue weighted by molar-refractivity contribution is 6.19. The Kier molecular flexibility index (Phi) is 8.15. The summed E-state index contributed by atoms with van der Waals surface area (Å²) in [5, 5.41) is 7.19. The molecule has 272 valence electrons. The van der Waals surface area contributed by atoms with E-state index < -0.39 is 0 Å². The van der Waals surface area contributed by atoms with Crippen molar-refractivity contribution >= 4 is 54.4 Å². The first-order valence-corrected chi connectivity index (χ1v) is 19.8. The van der Waals surface area contributed by atoms with Gasteiger partial charge in [0.2, 0.25) is 0 Å². The first-order chi connectivity index (χ1) is 28.8. The number of aromatic nitrogens is 3. The van der Waals surface area contributed by atoms with Crippen LogP contribution in [0.1, 0.15) is 0 Å². The summed E-state index contributed by atoms with van der Waals surface area (Å²) in [6.45, 7) is 0. The predicted octanol–water partition coefficient (Wildman–Crippen LogP) is 14.6. The van der Waals surface area contributed by atoms with E-state index in [0.717, 1.165) is 56.0 Å². The van der Waals surface area contributed by atoms with Crippen LogP contribution >= 0.6 is 0 Å². The molecule has 0 saturated carbocycles. The van der Waals surface area contributed by atoms with Gasteiger partial charge in [0.05, 0.1) is 22.1 Å². The standard InChI is InChI=1S/C55H37N3/c1-3-15-38(16-4-1)39-27-32-43(33-28-39)57-52-25-13-11-23-49(52)47-21-9-7-19-45(47)46-20-8-10-22-48(46)50-37-42(31-36-53(50)57)40-29-34-44(35-30-40)58-54-26-14-12-24-51(54)56-55(58)41-17-5-2-6-18-41/h1-37H. The van der Waals surface area contributed by atoms with E-state index in [1.807, 2.05) is 6.07 Å². The maximum atomic E-state index is 5.08. The van der Waals surface area contributed by atoms with E-state index in [-0.39, 0.29) is 0 Å². The van der Waals surface area contributed by atoms with Crippen molar-refractivity contribution in [2.75, 3.05) is 0 Å². The first-order valence-electron chi connectivity index (χ1n) is 19.8. The SMILES string of the molecule is c1ccc(-c2ccc(-n3c4ccccc4c4ccccc4c4ccccc4c4cc(-c5ccc(-n6c(-c7ccccc7)nc7ccccc76)cc5)ccc43)cc2)cc1. The topological polar surface area (TPSA) is 22.8 Å². The summed E-state index contributed by atoms with van der Waals surface area (Å²) in [7, 11) is 0. The maximum absolute atomic E-state index is 5.08. The monoisotopic (exact) mass is 739 g/mol. The van der Waals surface area contributed by atoms with Crippen LogP contribution in [0.25, 0.3) is 99.4 Å². The van der Waals surface area contributed by atoms with Gasteiger partial charge in [-0.2, -0.15) is 0 Å². The van der Waals surface area contributed by atoms with Gasteiger partial charge >= 0.3 is 0 Å². The van der Waals surface area contributed by atoms with Crippen LogP contribution in [0, 0.1) is 0 Å². The average Bonchev–Trinajstić information content (AvgIpc) is 3.71. The molecular weight excluding hydrogens is 703 g/mol. The van der Waals surface area contributed by atoms with E-state index in [1.54, 1.807) is 0 Å². The van der Waals surface area contributed by atoms with Crippen LogP contribution in [0.2, 0.25) is 0 Å². The number of benzene rings is 9. The Morgan fingerprint density at radius 2 is 0.672 bits per heavy atom. The fraction of sp³-hybridized carbons (Fsp3) is 0. The molecule has 58 heavy (non-hydrogen) atoms. The molecule has 0 aliphatic carbocycles. The van der Waals surface area contributed by atoms with Gasteiger partial charge < -0.3 is 4.57 Å². The Morgan fingerprint density at radius 1 is 0.259 bits per heavy atom. The largest absolute Gasteiger partial charge is 0.309 e. The van der Waals surface area contributed by atoms with Gasteiger partial charge in [-0.3, -0.25) is 4.57 Å². The van der Waals surface area contributed by atoms with Gasteiger partial charge in [0.1, 0.15) is 5.82 Å². The van der Waals surface area contributed by atoms with Gasteiger partial charge in [0.25, 0.3) is 0 Å². The Bertz CT molecular complexity index is 3360. The van der Waals surface area contributed by atoms with Gasteiger partial charge in [-0.05, 0) is 98.4 Å². The highest BCUT2D eigenvalue weighted by Crippen LogP contribution is 2.37. The number of fused-ring (bicyclic) bond motifs is 8. The fourth-order valence-corrected chi connectivity index (χ4v) is 8.64. The number of hydrogen-bond acceptors (Lipinski definition) is 1. The molecule has 3 heteroatoms. The molecule has 3 nitrogen and oxygen atoms in total. The van der Waals surface area contributed by atoms with Gasteiger partial charge in [0, 0.05) is 27.7 Å². The third-order valence-corrected chi connectivity index (χ3v) is 11.4. The van der Waals surface area contributed by atoms with Crippen LogP contribution in [-0.4, -0.2) is 14.1 Å². The Morgan fingerprint density at radius 3 is 1.31 bits per heavy atom. The van der Waals surface area contributed by atoms with E-state index in [1.165, 1.54) is 43.4 Å². The highest BCUT2D eigenvalue weighted by Gasteiger charge is 2.16. The summed E-state index contributed by atoms with van der Waals surface area (Å²) in [6, 6.07) is 80.8. The van der Waals surface area contributed by atoms with Crippen LogP contribution < -0.4 is 0 Å². The zero-order valence-electron chi connectivity index (χ0n) is 31.7. The third kappa shape index (κ3) is 5.72. The molecule has 9 aromatic carbocycles. The van der Waals surface area contributed by atoms with E-state index >= 15 is 0 Å². The maximum Gasteiger partial charge on any atom is 0.145 e. The Balaban J connectivity index is 1.16. The molecule has 0 spiro atoms. The number of para-hydroxylation sites is 3. The van der Waals surface area contributed by atoms with Crippen molar-refractivity contribution in [3.05, 3.63) is 224 Å². The molecular formula is C55H37N3. The normalized spacial score (nSPS) is 11.4. The average molecular weight is 740 g/mol.